The van der Waals surface area contributed by atoms with Gasteiger partial charge in [-0.05, 0) is 47.9 Å². The van der Waals surface area contributed by atoms with Crippen molar-refractivity contribution in [3.8, 4) is 11.1 Å². The quantitative estimate of drug-likeness (QED) is 0.830. The molecule has 0 bridgehead atoms. The fourth-order valence-electron chi connectivity index (χ4n) is 2.04. The Balaban J connectivity index is 2.71. The number of allylic oxidation sites excluding steroid dienone is 1. The number of hydrogen-bond donors (Lipinski definition) is 1. The molecular weight excluding hydrogens is 284 g/mol. The zero-order valence-electron chi connectivity index (χ0n) is 11.2. The molecule has 0 aliphatic heterocycles. The highest BCUT2D eigenvalue weighted by Crippen LogP contribution is 2.31. The van der Waals surface area contributed by atoms with E-state index in [0.717, 1.165) is 24.3 Å². The normalized spacial score (nSPS) is 10.8. The van der Waals surface area contributed by atoms with Crippen molar-refractivity contribution in [1.29, 1.82) is 0 Å². The number of hydrogen-bond acceptors (Lipinski definition) is 1. The summed E-state index contributed by atoms with van der Waals surface area (Å²) < 4.78 is 55.1. The average molecular weight is 296 g/mol. The molecule has 1 nitrogen and oxygen atoms in total. The second-order valence-corrected chi connectivity index (χ2v) is 4.69. The molecule has 0 amide bonds. The van der Waals surface area contributed by atoms with Gasteiger partial charge in [0.15, 0.2) is 11.6 Å². The maximum absolute atomic E-state index is 14.0. The summed E-state index contributed by atoms with van der Waals surface area (Å²) in [6.07, 6.45) is 0. The van der Waals surface area contributed by atoms with Crippen LogP contribution < -0.4 is 0 Å². The largest absolute Gasteiger partial charge is 0.392 e. The van der Waals surface area contributed by atoms with Crippen LogP contribution in [0.1, 0.15) is 18.1 Å². The van der Waals surface area contributed by atoms with E-state index in [0.29, 0.717) is 0 Å². The van der Waals surface area contributed by atoms with Crippen LogP contribution in [0, 0.1) is 23.3 Å². The summed E-state index contributed by atoms with van der Waals surface area (Å²) in [6, 6.07) is 3.75. The van der Waals surface area contributed by atoms with Gasteiger partial charge in [0, 0.05) is 5.56 Å². The van der Waals surface area contributed by atoms with Gasteiger partial charge in [-0.3, -0.25) is 0 Å². The van der Waals surface area contributed by atoms with Gasteiger partial charge in [-0.25, -0.2) is 17.6 Å². The predicted octanol–water partition coefficient (Wildman–Crippen LogP) is 4.44. The van der Waals surface area contributed by atoms with Crippen molar-refractivity contribution in [2.24, 2.45) is 0 Å². The zero-order chi connectivity index (χ0) is 15.7. The molecule has 21 heavy (non-hydrogen) atoms. The molecule has 0 heterocycles. The lowest BCUT2D eigenvalue weighted by Crippen LogP contribution is -1.98. The number of rotatable bonds is 3. The van der Waals surface area contributed by atoms with Crippen molar-refractivity contribution < 1.29 is 22.7 Å². The van der Waals surface area contributed by atoms with Gasteiger partial charge in [0.25, 0.3) is 0 Å². The molecule has 2 aromatic carbocycles. The Morgan fingerprint density at radius 2 is 1.57 bits per heavy atom. The lowest BCUT2D eigenvalue weighted by molar-refractivity contribution is 0.280. The first-order valence-electron chi connectivity index (χ1n) is 6.09. The molecule has 1 N–H and O–H groups in total. The lowest BCUT2D eigenvalue weighted by atomic mass is 9.97. The van der Waals surface area contributed by atoms with E-state index in [1.807, 2.05) is 0 Å². The summed E-state index contributed by atoms with van der Waals surface area (Å²) in [6.45, 7) is 4.44. The third-order valence-corrected chi connectivity index (χ3v) is 3.06. The molecule has 5 heteroatoms. The van der Waals surface area contributed by atoms with E-state index in [9.17, 15) is 17.6 Å². The maximum Gasteiger partial charge on any atom is 0.166 e. The van der Waals surface area contributed by atoms with Gasteiger partial charge in [-0.15, -0.1) is 0 Å². The molecule has 110 valence electrons. The highest BCUT2D eigenvalue weighted by Gasteiger charge is 2.18. The maximum atomic E-state index is 14.0. The first-order chi connectivity index (χ1) is 9.85. The molecule has 0 aromatic heterocycles. The minimum Gasteiger partial charge on any atom is -0.392 e. The third kappa shape index (κ3) is 2.83. The number of aliphatic hydroxyl groups is 1. The van der Waals surface area contributed by atoms with Crippen LogP contribution in [0.25, 0.3) is 16.7 Å². The molecule has 0 radical (unpaired) electrons. The van der Waals surface area contributed by atoms with E-state index in [1.54, 1.807) is 0 Å². The van der Waals surface area contributed by atoms with Crippen molar-refractivity contribution in [2.75, 3.05) is 0 Å². The molecule has 0 spiro atoms. The van der Waals surface area contributed by atoms with Gasteiger partial charge in [-0.2, -0.15) is 0 Å². The summed E-state index contributed by atoms with van der Waals surface area (Å²) in [7, 11) is 0. The minimum absolute atomic E-state index is 0.0523. The highest BCUT2D eigenvalue weighted by molar-refractivity contribution is 5.72. The van der Waals surface area contributed by atoms with Gasteiger partial charge < -0.3 is 5.11 Å². The summed E-state index contributed by atoms with van der Waals surface area (Å²) in [5.41, 5.74) is -0.465. The first kappa shape index (κ1) is 15.3. The fourth-order valence-corrected chi connectivity index (χ4v) is 2.04. The molecule has 2 aromatic rings. The van der Waals surface area contributed by atoms with Gasteiger partial charge in [-0.1, -0.05) is 6.58 Å². The van der Waals surface area contributed by atoms with E-state index in [2.05, 4.69) is 6.58 Å². The molecular formula is C16H12F4O. The van der Waals surface area contributed by atoms with Gasteiger partial charge >= 0.3 is 0 Å². The highest BCUT2D eigenvalue weighted by atomic mass is 19.2. The van der Waals surface area contributed by atoms with Crippen molar-refractivity contribution in [1.82, 2.24) is 0 Å². The van der Waals surface area contributed by atoms with Crippen LogP contribution in [0.5, 0.6) is 0 Å². The minimum atomic E-state index is -1.21. The molecule has 0 fully saturated rings. The molecule has 0 unspecified atom stereocenters. The van der Waals surface area contributed by atoms with Gasteiger partial charge in [0.2, 0.25) is 0 Å². The monoisotopic (exact) mass is 296 g/mol. The van der Waals surface area contributed by atoms with E-state index >= 15 is 0 Å². The van der Waals surface area contributed by atoms with E-state index in [1.165, 1.54) is 6.92 Å². The van der Waals surface area contributed by atoms with Crippen LogP contribution in [0.2, 0.25) is 0 Å². The fraction of sp³-hybridized carbons (Fsp3) is 0.125. The van der Waals surface area contributed by atoms with Crippen LogP contribution in [-0.4, -0.2) is 5.11 Å². The van der Waals surface area contributed by atoms with Crippen molar-refractivity contribution in [2.45, 2.75) is 13.5 Å². The standard InChI is InChI=1S/C16H12F4O/c1-8(2)11-5-10(6-14(19)16(11)20)15-12(17)3-9(7-21)4-13(15)18/h3-6,21H,1,7H2,2H3. The van der Waals surface area contributed by atoms with E-state index in [-0.39, 0.29) is 22.3 Å². The van der Waals surface area contributed by atoms with Crippen LogP contribution in [0.4, 0.5) is 17.6 Å². The van der Waals surface area contributed by atoms with E-state index < -0.39 is 35.4 Å². The smallest absolute Gasteiger partial charge is 0.166 e. The Labute approximate surface area is 119 Å². The van der Waals surface area contributed by atoms with Crippen molar-refractivity contribution in [3.05, 3.63) is 65.2 Å². The zero-order valence-corrected chi connectivity index (χ0v) is 11.2. The molecule has 0 saturated heterocycles. The summed E-state index contributed by atoms with van der Waals surface area (Å²) in [5.74, 6) is -4.25. The number of aliphatic hydroxyl groups excluding tert-OH is 1. The van der Waals surface area contributed by atoms with Crippen LogP contribution in [0.15, 0.2) is 30.8 Å². The molecule has 2 rings (SSSR count). The van der Waals surface area contributed by atoms with Crippen molar-refractivity contribution in [3.63, 3.8) is 0 Å². The van der Waals surface area contributed by atoms with Gasteiger partial charge in [0.1, 0.15) is 11.6 Å². The van der Waals surface area contributed by atoms with Gasteiger partial charge in [0.05, 0.1) is 12.2 Å². The van der Waals surface area contributed by atoms with E-state index in [4.69, 9.17) is 5.11 Å². The SMILES string of the molecule is C=C(C)c1cc(-c2c(F)cc(CO)cc2F)cc(F)c1F. The summed E-state index contributed by atoms with van der Waals surface area (Å²) in [5, 5.41) is 8.89. The van der Waals surface area contributed by atoms with Crippen LogP contribution in [-0.2, 0) is 6.61 Å². The molecule has 0 aliphatic rings. The Bertz CT molecular complexity index is 699. The molecule has 0 aliphatic carbocycles. The Hall–Kier alpha value is -2.14. The molecule has 0 saturated carbocycles. The summed E-state index contributed by atoms with van der Waals surface area (Å²) >= 11 is 0. The van der Waals surface area contributed by atoms with Crippen LogP contribution in [0.3, 0.4) is 0 Å². The second-order valence-electron chi connectivity index (χ2n) is 4.69. The first-order valence-corrected chi connectivity index (χ1v) is 6.09. The lowest BCUT2D eigenvalue weighted by Gasteiger charge is -2.11. The Morgan fingerprint density at radius 1 is 1.00 bits per heavy atom. The average Bonchev–Trinajstić information content (AvgIpc) is 2.41. The third-order valence-electron chi connectivity index (χ3n) is 3.06. The van der Waals surface area contributed by atoms with Crippen molar-refractivity contribution >= 4 is 5.57 Å². The molecule has 0 atom stereocenters. The Morgan fingerprint density at radius 3 is 2.05 bits per heavy atom. The predicted molar refractivity (Wildman–Crippen MR) is 72.3 cm³/mol. The Kier molecular flexibility index (Phi) is 4.14. The van der Waals surface area contributed by atoms with Crippen LogP contribution >= 0.6 is 0 Å². The number of benzene rings is 2. The second kappa shape index (κ2) is 5.69. The summed E-state index contributed by atoms with van der Waals surface area (Å²) in [4.78, 5) is 0. The number of halogens is 4. The topological polar surface area (TPSA) is 20.2 Å².